The molecular formula is C16H12ClN2NaO2. The van der Waals surface area contributed by atoms with Gasteiger partial charge in [-0.1, -0.05) is 35.9 Å². The normalized spacial score (nSPS) is 13.5. The molecule has 0 saturated carbocycles. The Bertz CT molecular complexity index is 699. The van der Waals surface area contributed by atoms with Gasteiger partial charge in [0.1, 0.15) is 0 Å². The number of anilines is 1. The fourth-order valence-electron chi connectivity index (χ4n) is 2.26. The van der Waals surface area contributed by atoms with Gasteiger partial charge in [0.25, 0.3) is 0 Å². The maximum atomic E-state index is 10.7. The van der Waals surface area contributed by atoms with E-state index in [0.717, 1.165) is 29.9 Å². The van der Waals surface area contributed by atoms with Crippen molar-refractivity contribution in [1.29, 1.82) is 0 Å². The summed E-state index contributed by atoms with van der Waals surface area (Å²) in [6, 6.07) is 14.1. The van der Waals surface area contributed by atoms with E-state index < -0.39 is 5.97 Å². The van der Waals surface area contributed by atoms with E-state index in [0.29, 0.717) is 5.02 Å². The van der Waals surface area contributed by atoms with Crippen LogP contribution >= 0.6 is 11.6 Å². The van der Waals surface area contributed by atoms with Crippen LogP contribution in [0.15, 0.2) is 53.6 Å². The molecule has 0 fully saturated rings. The van der Waals surface area contributed by atoms with Crippen LogP contribution in [0.5, 0.6) is 0 Å². The zero-order valence-corrected chi connectivity index (χ0v) is 14.9. The number of hydrogen-bond acceptors (Lipinski definition) is 4. The van der Waals surface area contributed by atoms with E-state index in [1.54, 1.807) is 12.1 Å². The van der Waals surface area contributed by atoms with Crippen LogP contribution < -0.4 is 39.7 Å². The SMILES string of the molecule is O=C([O-])c1ccc(N2CCC(c3ccc(Cl)cc3)=N2)cc1.[Na+]. The first kappa shape index (κ1) is 17.0. The van der Waals surface area contributed by atoms with Gasteiger partial charge in [0, 0.05) is 18.0 Å². The van der Waals surface area contributed by atoms with Gasteiger partial charge in [-0.15, -0.1) is 0 Å². The third kappa shape index (κ3) is 3.70. The third-order valence-electron chi connectivity index (χ3n) is 3.38. The summed E-state index contributed by atoms with van der Waals surface area (Å²) in [5.74, 6) is -1.17. The summed E-state index contributed by atoms with van der Waals surface area (Å²) in [5, 5.41) is 17.9. The Labute approximate surface area is 155 Å². The van der Waals surface area contributed by atoms with E-state index in [-0.39, 0.29) is 35.1 Å². The smallest absolute Gasteiger partial charge is 0.545 e. The van der Waals surface area contributed by atoms with E-state index in [1.165, 1.54) is 12.1 Å². The third-order valence-corrected chi connectivity index (χ3v) is 3.63. The molecule has 0 amide bonds. The number of carboxylic acid groups (broad SMARTS) is 1. The molecule has 0 saturated heterocycles. The van der Waals surface area contributed by atoms with Gasteiger partial charge in [-0.25, -0.2) is 0 Å². The van der Waals surface area contributed by atoms with Crippen molar-refractivity contribution in [1.82, 2.24) is 0 Å². The second kappa shape index (κ2) is 7.29. The van der Waals surface area contributed by atoms with Crippen molar-refractivity contribution in [2.45, 2.75) is 6.42 Å². The summed E-state index contributed by atoms with van der Waals surface area (Å²) < 4.78 is 0. The monoisotopic (exact) mass is 322 g/mol. The van der Waals surface area contributed by atoms with Crippen LogP contribution in [0.4, 0.5) is 5.69 Å². The van der Waals surface area contributed by atoms with Crippen LogP contribution in [0, 0.1) is 0 Å². The maximum Gasteiger partial charge on any atom is 1.00 e. The molecule has 22 heavy (non-hydrogen) atoms. The minimum Gasteiger partial charge on any atom is -0.545 e. The number of halogens is 1. The predicted molar refractivity (Wildman–Crippen MR) is 80.7 cm³/mol. The van der Waals surface area contributed by atoms with Gasteiger partial charge in [0.15, 0.2) is 0 Å². The van der Waals surface area contributed by atoms with Gasteiger partial charge >= 0.3 is 29.6 Å². The average Bonchev–Trinajstić information content (AvgIpc) is 2.98. The first-order valence-electron chi connectivity index (χ1n) is 6.56. The van der Waals surface area contributed by atoms with Crippen LogP contribution in [0.25, 0.3) is 0 Å². The molecule has 1 aliphatic heterocycles. The van der Waals surface area contributed by atoms with E-state index in [4.69, 9.17) is 11.6 Å². The molecule has 0 bridgehead atoms. The van der Waals surface area contributed by atoms with Crippen molar-refractivity contribution in [3.05, 3.63) is 64.7 Å². The largest absolute Gasteiger partial charge is 1.00 e. The molecule has 3 rings (SSSR count). The fraction of sp³-hybridized carbons (Fsp3) is 0.125. The molecule has 4 nitrogen and oxygen atoms in total. The number of carbonyl (C=O) groups excluding carboxylic acids is 1. The van der Waals surface area contributed by atoms with Crippen LogP contribution in [0.2, 0.25) is 5.02 Å². The average molecular weight is 323 g/mol. The quantitative estimate of drug-likeness (QED) is 0.704. The molecule has 0 radical (unpaired) electrons. The Kier molecular flexibility index (Phi) is 5.64. The van der Waals surface area contributed by atoms with Gasteiger partial charge in [0.2, 0.25) is 0 Å². The standard InChI is InChI=1S/C16H13ClN2O2.Na/c17-13-5-1-11(2-6-13)15-9-10-19(18-15)14-7-3-12(4-8-14)16(20)21;/h1-8H,9-10H2,(H,20,21);/q;+1/p-1. The van der Waals surface area contributed by atoms with Gasteiger partial charge in [-0.3, -0.25) is 5.01 Å². The van der Waals surface area contributed by atoms with E-state index in [1.807, 2.05) is 29.3 Å². The Morgan fingerprint density at radius 2 is 1.73 bits per heavy atom. The summed E-state index contributed by atoms with van der Waals surface area (Å²) in [4.78, 5) is 10.7. The summed E-state index contributed by atoms with van der Waals surface area (Å²) in [6.45, 7) is 0.766. The van der Waals surface area contributed by atoms with Gasteiger partial charge in [0.05, 0.1) is 17.4 Å². The number of carboxylic acids is 1. The topological polar surface area (TPSA) is 55.7 Å². The Balaban J connectivity index is 0.00000176. The van der Waals surface area contributed by atoms with Crippen molar-refractivity contribution in [3.8, 4) is 0 Å². The molecule has 0 N–H and O–H groups in total. The summed E-state index contributed by atoms with van der Waals surface area (Å²) in [6.07, 6.45) is 0.837. The zero-order valence-electron chi connectivity index (χ0n) is 12.1. The number of rotatable bonds is 3. The number of aromatic carboxylic acids is 1. The first-order chi connectivity index (χ1) is 10.1. The molecule has 0 spiro atoms. The van der Waals surface area contributed by atoms with Crippen LogP contribution in [0.1, 0.15) is 22.3 Å². The predicted octanol–water partition coefficient (Wildman–Crippen LogP) is -0.678. The van der Waals surface area contributed by atoms with Gasteiger partial charge < -0.3 is 9.90 Å². The van der Waals surface area contributed by atoms with Crippen LogP contribution in [-0.2, 0) is 0 Å². The molecule has 2 aromatic rings. The number of benzene rings is 2. The number of carbonyl (C=O) groups is 1. The van der Waals surface area contributed by atoms with Crippen molar-refractivity contribution < 1.29 is 39.5 Å². The molecule has 0 unspecified atom stereocenters. The van der Waals surface area contributed by atoms with Crippen molar-refractivity contribution in [2.75, 3.05) is 11.6 Å². The molecule has 0 aromatic heterocycles. The van der Waals surface area contributed by atoms with E-state index >= 15 is 0 Å². The number of hydrogen-bond donors (Lipinski definition) is 0. The Morgan fingerprint density at radius 3 is 2.32 bits per heavy atom. The molecule has 106 valence electrons. The summed E-state index contributed by atoms with van der Waals surface area (Å²) in [5.41, 5.74) is 3.08. The molecular weight excluding hydrogens is 311 g/mol. The fourth-order valence-corrected chi connectivity index (χ4v) is 2.38. The van der Waals surface area contributed by atoms with Crippen molar-refractivity contribution >= 4 is 29.0 Å². The van der Waals surface area contributed by atoms with Crippen molar-refractivity contribution in [3.63, 3.8) is 0 Å². The van der Waals surface area contributed by atoms with Gasteiger partial charge in [-0.2, -0.15) is 5.10 Å². The second-order valence-electron chi connectivity index (χ2n) is 4.76. The number of nitrogens with zero attached hydrogens (tertiary/aromatic N) is 2. The Morgan fingerprint density at radius 1 is 1.09 bits per heavy atom. The zero-order chi connectivity index (χ0) is 14.8. The van der Waals surface area contributed by atoms with Crippen LogP contribution in [-0.4, -0.2) is 18.2 Å². The minimum atomic E-state index is -1.17. The Hall–Kier alpha value is -1.33. The van der Waals surface area contributed by atoms with E-state index in [9.17, 15) is 9.90 Å². The van der Waals surface area contributed by atoms with E-state index in [2.05, 4.69) is 5.10 Å². The van der Waals surface area contributed by atoms with Crippen LogP contribution in [0.3, 0.4) is 0 Å². The first-order valence-corrected chi connectivity index (χ1v) is 6.93. The molecule has 0 atom stereocenters. The van der Waals surface area contributed by atoms with Crippen molar-refractivity contribution in [2.24, 2.45) is 5.10 Å². The molecule has 2 aromatic carbocycles. The summed E-state index contributed by atoms with van der Waals surface area (Å²) >= 11 is 5.88. The number of hydrazone groups is 1. The molecule has 1 aliphatic rings. The van der Waals surface area contributed by atoms with Gasteiger partial charge in [-0.05, 0) is 35.4 Å². The minimum absolute atomic E-state index is 0. The second-order valence-corrected chi connectivity index (χ2v) is 5.20. The maximum absolute atomic E-state index is 10.7. The molecule has 0 aliphatic carbocycles. The summed E-state index contributed by atoms with van der Waals surface area (Å²) in [7, 11) is 0. The molecule has 6 heteroatoms. The molecule has 1 heterocycles.